The van der Waals surface area contributed by atoms with Crippen LogP contribution in [0.2, 0.25) is 0 Å². The Morgan fingerprint density at radius 1 is 1.54 bits per heavy atom. The number of hydrogen-bond donors (Lipinski definition) is 1. The van der Waals surface area contributed by atoms with E-state index < -0.39 is 0 Å². The van der Waals surface area contributed by atoms with Crippen molar-refractivity contribution in [2.75, 3.05) is 0 Å². The lowest BCUT2D eigenvalue weighted by molar-refractivity contribution is 0.528. The summed E-state index contributed by atoms with van der Waals surface area (Å²) in [5, 5.41) is 12.4. The monoisotopic (exact) mass is 174 g/mol. The van der Waals surface area contributed by atoms with Gasteiger partial charge < -0.3 is 5.32 Å². The Morgan fingerprint density at radius 3 is 2.92 bits per heavy atom. The summed E-state index contributed by atoms with van der Waals surface area (Å²) in [5.74, 6) is 0.0191. The molecule has 0 radical (unpaired) electrons. The maximum Gasteiger partial charge on any atom is 0.0838 e. The average Bonchev–Trinajstić information content (AvgIpc) is 2.92. The zero-order chi connectivity index (χ0) is 9.26. The fourth-order valence-electron chi connectivity index (χ4n) is 1.62. The van der Waals surface area contributed by atoms with Gasteiger partial charge in [-0.05, 0) is 19.8 Å². The van der Waals surface area contributed by atoms with Crippen molar-refractivity contribution in [1.82, 2.24) is 5.32 Å². The molecule has 2 nitrogen and oxygen atoms in total. The summed E-state index contributed by atoms with van der Waals surface area (Å²) < 4.78 is 0. The van der Waals surface area contributed by atoms with E-state index >= 15 is 0 Å². The summed E-state index contributed by atoms with van der Waals surface area (Å²) in [6.07, 6.45) is 8.78. The zero-order valence-electron chi connectivity index (χ0n) is 7.83. The van der Waals surface area contributed by atoms with Crippen LogP contribution in [0.3, 0.4) is 0 Å². The zero-order valence-corrected chi connectivity index (χ0v) is 7.83. The van der Waals surface area contributed by atoms with Crippen LogP contribution in [0.4, 0.5) is 0 Å². The molecule has 2 heteroatoms. The Kier molecular flexibility index (Phi) is 2.20. The molecule has 2 aliphatic rings. The summed E-state index contributed by atoms with van der Waals surface area (Å²) in [5.41, 5.74) is 1.19. The molecule has 0 amide bonds. The van der Waals surface area contributed by atoms with Crippen LogP contribution in [0.1, 0.15) is 19.8 Å². The molecular formula is C11H14N2. The van der Waals surface area contributed by atoms with Gasteiger partial charge in [0.1, 0.15) is 0 Å². The molecule has 0 aromatic rings. The summed E-state index contributed by atoms with van der Waals surface area (Å²) in [6, 6.07) is 3.23. The van der Waals surface area contributed by atoms with Crippen molar-refractivity contribution in [2.24, 2.45) is 5.92 Å². The van der Waals surface area contributed by atoms with Gasteiger partial charge in [0.15, 0.2) is 0 Å². The third kappa shape index (κ3) is 1.99. The van der Waals surface area contributed by atoms with Crippen molar-refractivity contribution >= 4 is 0 Å². The summed E-state index contributed by atoms with van der Waals surface area (Å²) in [4.78, 5) is 0. The molecule has 0 heterocycles. The highest BCUT2D eigenvalue weighted by Crippen LogP contribution is 2.24. The minimum Gasteiger partial charge on any atom is -0.306 e. The van der Waals surface area contributed by atoms with E-state index in [1.165, 1.54) is 18.4 Å². The fourth-order valence-corrected chi connectivity index (χ4v) is 1.62. The van der Waals surface area contributed by atoms with E-state index in [0.29, 0.717) is 6.04 Å². The van der Waals surface area contributed by atoms with Gasteiger partial charge in [-0.1, -0.05) is 23.8 Å². The lowest BCUT2D eigenvalue weighted by Gasteiger charge is -2.21. The van der Waals surface area contributed by atoms with E-state index in [1.807, 2.05) is 13.0 Å². The highest BCUT2D eigenvalue weighted by molar-refractivity contribution is 5.29. The first-order valence-electron chi connectivity index (χ1n) is 4.82. The van der Waals surface area contributed by atoms with Gasteiger partial charge in [0.2, 0.25) is 0 Å². The van der Waals surface area contributed by atoms with Gasteiger partial charge in [0, 0.05) is 12.1 Å². The Balaban J connectivity index is 2.02. The van der Waals surface area contributed by atoms with E-state index in [-0.39, 0.29) is 12.0 Å². The molecule has 1 N–H and O–H groups in total. The predicted molar refractivity (Wildman–Crippen MR) is 51.9 cm³/mol. The summed E-state index contributed by atoms with van der Waals surface area (Å²) >= 11 is 0. The number of nitrogens with zero attached hydrogens (tertiary/aromatic N) is 1. The van der Waals surface area contributed by atoms with Crippen LogP contribution in [0.15, 0.2) is 23.8 Å². The van der Waals surface area contributed by atoms with Crippen LogP contribution >= 0.6 is 0 Å². The fraction of sp³-hybridized carbons (Fsp3) is 0.545. The van der Waals surface area contributed by atoms with E-state index in [2.05, 4.69) is 23.5 Å². The standard InChI is InChI=1S/C11H14N2/c1-8-2-5-11(9(6-8)7-12)13-10-3-4-10/h2,5-6,9-11,13H,3-4H2,1H3. The molecule has 0 aromatic carbocycles. The van der Waals surface area contributed by atoms with Gasteiger partial charge in [0.05, 0.1) is 12.0 Å². The molecule has 0 saturated heterocycles. The molecule has 0 bridgehead atoms. The first-order chi connectivity index (χ1) is 6.29. The number of nitrogens with one attached hydrogen (secondary N) is 1. The van der Waals surface area contributed by atoms with Crippen LogP contribution in [0.25, 0.3) is 0 Å². The second kappa shape index (κ2) is 3.35. The number of hydrogen-bond acceptors (Lipinski definition) is 2. The van der Waals surface area contributed by atoms with Crippen molar-refractivity contribution in [3.8, 4) is 6.07 Å². The number of rotatable bonds is 2. The Bertz CT molecular complexity index is 292. The number of nitriles is 1. The first-order valence-corrected chi connectivity index (χ1v) is 4.82. The third-order valence-electron chi connectivity index (χ3n) is 2.55. The minimum atomic E-state index is 0.0191. The normalized spacial score (nSPS) is 32.5. The van der Waals surface area contributed by atoms with Gasteiger partial charge in [-0.3, -0.25) is 0 Å². The molecule has 2 unspecified atom stereocenters. The molecule has 2 aliphatic carbocycles. The molecule has 0 aliphatic heterocycles. The van der Waals surface area contributed by atoms with Gasteiger partial charge in [-0.2, -0.15) is 5.26 Å². The molecule has 1 fully saturated rings. The van der Waals surface area contributed by atoms with Crippen molar-refractivity contribution < 1.29 is 0 Å². The molecule has 2 atom stereocenters. The van der Waals surface area contributed by atoms with Crippen LogP contribution in [-0.4, -0.2) is 12.1 Å². The van der Waals surface area contributed by atoms with Crippen molar-refractivity contribution in [3.05, 3.63) is 23.8 Å². The Morgan fingerprint density at radius 2 is 2.31 bits per heavy atom. The molecule has 1 saturated carbocycles. The van der Waals surface area contributed by atoms with Gasteiger partial charge >= 0.3 is 0 Å². The summed E-state index contributed by atoms with van der Waals surface area (Å²) in [6.45, 7) is 2.04. The maximum atomic E-state index is 8.94. The molecule has 0 spiro atoms. The molecule has 68 valence electrons. The van der Waals surface area contributed by atoms with Crippen LogP contribution in [0, 0.1) is 17.2 Å². The Hall–Kier alpha value is -1.07. The predicted octanol–water partition coefficient (Wildman–Crippen LogP) is 1.76. The van der Waals surface area contributed by atoms with Gasteiger partial charge in [-0.25, -0.2) is 0 Å². The first kappa shape index (κ1) is 8.52. The average molecular weight is 174 g/mol. The lowest BCUT2D eigenvalue weighted by Crippen LogP contribution is -2.35. The lowest BCUT2D eigenvalue weighted by atomic mass is 9.93. The van der Waals surface area contributed by atoms with Crippen LogP contribution in [-0.2, 0) is 0 Å². The molecule has 13 heavy (non-hydrogen) atoms. The maximum absolute atomic E-state index is 8.94. The van der Waals surface area contributed by atoms with Crippen molar-refractivity contribution in [3.63, 3.8) is 0 Å². The second-order valence-corrected chi connectivity index (χ2v) is 3.89. The van der Waals surface area contributed by atoms with E-state index in [9.17, 15) is 0 Å². The van der Waals surface area contributed by atoms with E-state index in [0.717, 1.165) is 0 Å². The van der Waals surface area contributed by atoms with Crippen LogP contribution < -0.4 is 5.32 Å². The Labute approximate surface area is 78.9 Å². The second-order valence-electron chi connectivity index (χ2n) is 3.89. The quantitative estimate of drug-likeness (QED) is 0.692. The number of allylic oxidation sites excluding steroid dienone is 2. The smallest absolute Gasteiger partial charge is 0.0838 e. The van der Waals surface area contributed by atoms with Gasteiger partial charge in [0.25, 0.3) is 0 Å². The van der Waals surface area contributed by atoms with Crippen molar-refractivity contribution in [2.45, 2.75) is 31.8 Å². The van der Waals surface area contributed by atoms with Crippen molar-refractivity contribution in [1.29, 1.82) is 5.26 Å². The molecular weight excluding hydrogens is 160 g/mol. The highest BCUT2D eigenvalue weighted by atomic mass is 15.0. The van der Waals surface area contributed by atoms with E-state index in [4.69, 9.17) is 5.26 Å². The minimum absolute atomic E-state index is 0.0191. The van der Waals surface area contributed by atoms with E-state index in [1.54, 1.807) is 0 Å². The topological polar surface area (TPSA) is 35.8 Å². The molecule has 0 aromatic heterocycles. The van der Waals surface area contributed by atoms with Gasteiger partial charge in [-0.15, -0.1) is 0 Å². The van der Waals surface area contributed by atoms with Crippen LogP contribution in [0.5, 0.6) is 0 Å². The highest BCUT2D eigenvalue weighted by Gasteiger charge is 2.27. The SMILES string of the molecule is CC1=CC(C#N)C(NC2CC2)C=C1. The molecule has 2 rings (SSSR count). The third-order valence-corrected chi connectivity index (χ3v) is 2.55. The summed E-state index contributed by atoms with van der Waals surface area (Å²) in [7, 11) is 0. The largest absolute Gasteiger partial charge is 0.306 e.